The third-order valence-corrected chi connectivity index (χ3v) is 5.17. The van der Waals surface area contributed by atoms with Gasteiger partial charge in [-0.1, -0.05) is 0 Å². The van der Waals surface area contributed by atoms with Gasteiger partial charge in [0, 0.05) is 43.4 Å². The minimum atomic E-state index is -0.104. The lowest BCUT2D eigenvalue weighted by atomic mass is 10.1. The molecule has 3 aromatic rings. The van der Waals surface area contributed by atoms with E-state index in [1.807, 2.05) is 23.4 Å². The minimum Gasteiger partial charge on any atom is -0.352 e. The minimum absolute atomic E-state index is 0.0676. The smallest absolute Gasteiger partial charge is 0.324 e. The second-order valence-corrected chi connectivity index (χ2v) is 7.04. The molecule has 0 spiro atoms. The van der Waals surface area contributed by atoms with Crippen LogP contribution in [-0.2, 0) is 0 Å². The van der Waals surface area contributed by atoms with E-state index in [2.05, 4.69) is 37.1 Å². The molecule has 25 heavy (non-hydrogen) atoms. The van der Waals surface area contributed by atoms with Crippen molar-refractivity contribution in [1.29, 1.82) is 0 Å². The lowest BCUT2D eigenvalue weighted by molar-refractivity contribution is 0.184. The number of rotatable bonds is 2. The lowest BCUT2D eigenvalue weighted by Gasteiger charge is -2.40. The van der Waals surface area contributed by atoms with Gasteiger partial charge in [-0.25, -0.2) is 19.7 Å². The summed E-state index contributed by atoms with van der Waals surface area (Å²) in [7, 11) is 0. The van der Waals surface area contributed by atoms with E-state index in [0.29, 0.717) is 11.7 Å². The molecule has 0 saturated carbocycles. The average Bonchev–Trinajstić information content (AvgIpc) is 3.24. The van der Waals surface area contributed by atoms with E-state index in [-0.39, 0.29) is 12.1 Å². The summed E-state index contributed by atoms with van der Waals surface area (Å²) < 4.78 is 0. The quantitative estimate of drug-likeness (QED) is 0.735. The zero-order chi connectivity index (χ0) is 17.4. The van der Waals surface area contributed by atoms with Crippen LogP contribution in [0.4, 0.5) is 15.7 Å². The number of urea groups is 1. The molecule has 8 nitrogen and oxygen atoms in total. The fraction of sp³-hybridized carbons (Fsp3) is 0.375. The maximum absolute atomic E-state index is 12.5. The van der Waals surface area contributed by atoms with Gasteiger partial charge in [-0.05, 0) is 19.4 Å². The number of piperazine rings is 1. The van der Waals surface area contributed by atoms with Gasteiger partial charge >= 0.3 is 6.03 Å². The number of hydrogen-bond donors (Lipinski definition) is 2. The van der Waals surface area contributed by atoms with Crippen molar-refractivity contribution in [2.24, 2.45) is 0 Å². The number of nitrogens with one attached hydrogen (secondary N) is 2. The van der Waals surface area contributed by atoms with E-state index < -0.39 is 0 Å². The van der Waals surface area contributed by atoms with Crippen LogP contribution in [-0.4, -0.2) is 56.5 Å². The van der Waals surface area contributed by atoms with Crippen molar-refractivity contribution < 1.29 is 4.79 Å². The maximum Gasteiger partial charge on any atom is 0.324 e. The molecule has 9 heteroatoms. The first-order valence-corrected chi connectivity index (χ1v) is 9.02. The molecule has 130 valence electrons. The average molecular weight is 357 g/mol. The van der Waals surface area contributed by atoms with Gasteiger partial charge in [-0.15, -0.1) is 11.3 Å². The Bertz CT molecular complexity index is 891. The Kier molecular flexibility index (Phi) is 4.00. The van der Waals surface area contributed by atoms with Crippen LogP contribution in [0.1, 0.15) is 12.5 Å². The summed E-state index contributed by atoms with van der Waals surface area (Å²) in [6.45, 7) is 6.19. The molecular weight excluding hydrogens is 338 g/mol. The molecule has 0 unspecified atom stereocenters. The number of hydrogen-bond acceptors (Lipinski definition) is 6. The monoisotopic (exact) mass is 357 g/mol. The van der Waals surface area contributed by atoms with E-state index in [0.717, 1.165) is 35.5 Å². The lowest BCUT2D eigenvalue weighted by Crippen LogP contribution is -2.55. The van der Waals surface area contributed by atoms with Gasteiger partial charge in [0.1, 0.15) is 17.8 Å². The van der Waals surface area contributed by atoms with E-state index in [1.54, 1.807) is 12.5 Å². The Labute approximate surface area is 148 Å². The molecule has 1 saturated heterocycles. The van der Waals surface area contributed by atoms with Crippen LogP contribution in [0.2, 0.25) is 0 Å². The number of anilines is 2. The first-order chi connectivity index (χ1) is 12.1. The predicted molar refractivity (Wildman–Crippen MR) is 98.1 cm³/mol. The molecule has 4 rings (SSSR count). The first kappa shape index (κ1) is 15.8. The number of thiazole rings is 1. The Balaban J connectivity index is 1.51. The third-order valence-electron chi connectivity index (χ3n) is 4.48. The van der Waals surface area contributed by atoms with Gasteiger partial charge in [-0.3, -0.25) is 5.32 Å². The molecule has 1 atom stereocenters. The summed E-state index contributed by atoms with van der Waals surface area (Å²) in [5.41, 5.74) is 1.97. The molecule has 1 fully saturated rings. The van der Waals surface area contributed by atoms with E-state index in [1.165, 1.54) is 11.3 Å². The fourth-order valence-electron chi connectivity index (χ4n) is 3.24. The van der Waals surface area contributed by atoms with Crippen LogP contribution in [0, 0.1) is 6.92 Å². The number of aromatic amines is 1. The van der Waals surface area contributed by atoms with Crippen molar-refractivity contribution in [2.45, 2.75) is 19.9 Å². The number of aryl methyl sites for hydroxylation is 1. The highest BCUT2D eigenvalue weighted by molar-refractivity contribution is 7.13. The Morgan fingerprint density at radius 3 is 3.00 bits per heavy atom. The zero-order valence-electron chi connectivity index (χ0n) is 14.1. The summed E-state index contributed by atoms with van der Waals surface area (Å²) in [6.07, 6.45) is 5.21. The van der Waals surface area contributed by atoms with Gasteiger partial charge < -0.3 is 14.8 Å². The van der Waals surface area contributed by atoms with E-state index in [4.69, 9.17) is 0 Å². The van der Waals surface area contributed by atoms with Gasteiger partial charge in [0.05, 0.1) is 5.39 Å². The van der Waals surface area contributed by atoms with Crippen molar-refractivity contribution >= 4 is 39.4 Å². The van der Waals surface area contributed by atoms with Crippen LogP contribution < -0.4 is 10.2 Å². The van der Waals surface area contributed by atoms with Crippen LogP contribution in [0.3, 0.4) is 0 Å². The molecule has 2 amide bonds. The Morgan fingerprint density at radius 2 is 2.24 bits per heavy atom. The van der Waals surface area contributed by atoms with Crippen molar-refractivity contribution in [3.05, 3.63) is 29.7 Å². The fourth-order valence-corrected chi connectivity index (χ4v) is 3.76. The number of amides is 2. The molecule has 2 N–H and O–H groups in total. The van der Waals surface area contributed by atoms with Gasteiger partial charge in [-0.2, -0.15) is 0 Å². The number of H-pyrrole nitrogens is 1. The number of nitrogens with zero attached hydrogens (tertiary/aromatic N) is 5. The summed E-state index contributed by atoms with van der Waals surface area (Å²) in [4.78, 5) is 32.6. The highest BCUT2D eigenvalue weighted by Crippen LogP contribution is 2.27. The molecule has 1 aliphatic rings. The molecule has 4 heterocycles. The largest absolute Gasteiger partial charge is 0.352 e. The van der Waals surface area contributed by atoms with Gasteiger partial charge in [0.25, 0.3) is 0 Å². The number of carbonyl (C=O) groups excluding carboxylic acids is 1. The van der Waals surface area contributed by atoms with Crippen LogP contribution >= 0.6 is 11.3 Å². The predicted octanol–water partition coefficient (Wildman–Crippen LogP) is 2.47. The Hall–Kier alpha value is -2.68. The second kappa shape index (κ2) is 6.32. The summed E-state index contributed by atoms with van der Waals surface area (Å²) >= 11 is 1.42. The highest BCUT2D eigenvalue weighted by Gasteiger charge is 2.29. The van der Waals surface area contributed by atoms with Crippen molar-refractivity contribution in [2.75, 3.05) is 29.9 Å². The van der Waals surface area contributed by atoms with Crippen LogP contribution in [0.15, 0.2) is 24.1 Å². The molecule has 0 aromatic carbocycles. The topological polar surface area (TPSA) is 90.0 Å². The summed E-state index contributed by atoms with van der Waals surface area (Å²) in [6, 6.07) is -0.0364. The van der Waals surface area contributed by atoms with Crippen molar-refractivity contribution in [1.82, 2.24) is 24.8 Å². The van der Waals surface area contributed by atoms with Gasteiger partial charge in [0.2, 0.25) is 0 Å². The molecule has 0 radical (unpaired) electrons. The van der Waals surface area contributed by atoms with Gasteiger partial charge in [0.15, 0.2) is 5.13 Å². The molecular formula is C16H19N7OS. The third kappa shape index (κ3) is 2.91. The number of carbonyl (C=O) groups is 1. The number of aromatic nitrogens is 4. The SMILES string of the molecule is Cc1c[nH]c2ncnc(N3CCN(C(=O)Nc4nccs4)[C@@H](C)C3)c12. The summed E-state index contributed by atoms with van der Waals surface area (Å²) in [5, 5.41) is 6.38. The van der Waals surface area contributed by atoms with E-state index in [9.17, 15) is 4.79 Å². The maximum atomic E-state index is 12.5. The van der Waals surface area contributed by atoms with Crippen LogP contribution in [0.5, 0.6) is 0 Å². The highest BCUT2D eigenvalue weighted by atomic mass is 32.1. The molecule has 0 bridgehead atoms. The van der Waals surface area contributed by atoms with E-state index >= 15 is 0 Å². The van der Waals surface area contributed by atoms with Crippen molar-refractivity contribution in [3.8, 4) is 0 Å². The number of fused-ring (bicyclic) bond motifs is 1. The molecule has 0 aliphatic carbocycles. The summed E-state index contributed by atoms with van der Waals surface area (Å²) in [5.74, 6) is 0.926. The standard InChI is InChI=1S/C16H19N7OS/c1-10-7-18-13-12(10)14(20-9-19-13)22-4-5-23(11(2)8-22)16(24)21-15-17-3-6-25-15/h3,6-7,9,11H,4-5,8H2,1-2H3,(H,17,21,24)(H,18,19,20)/t11-/m0/s1. The normalized spacial score (nSPS) is 17.9. The molecule has 1 aliphatic heterocycles. The van der Waals surface area contributed by atoms with Crippen molar-refractivity contribution in [3.63, 3.8) is 0 Å². The first-order valence-electron chi connectivity index (χ1n) is 8.14. The molecule has 3 aromatic heterocycles. The van der Waals surface area contributed by atoms with Crippen LogP contribution in [0.25, 0.3) is 11.0 Å². The zero-order valence-corrected chi connectivity index (χ0v) is 14.9. The Morgan fingerprint density at radius 1 is 1.36 bits per heavy atom. The second-order valence-electron chi connectivity index (χ2n) is 6.15.